The molecule has 0 bridgehead atoms. The van der Waals surface area contributed by atoms with Crippen LogP contribution in [0.3, 0.4) is 0 Å². The second kappa shape index (κ2) is 11.6. The molecular weight excluding hydrogens is 623 g/mol. The zero-order valence-corrected chi connectivity index (χ0v) is 28.8. The molecule has 0 aromatic heterocycles. The summed E-state index contributed by atoms with van der Waals surface area (Å²) in [5.74, 6) is -0.430. The van der Waals surface area contributed by atoms with E-state index in [1.807, 2.05) is 42.5 Å². The number of carbonyl (C=O) groups is 2. The number of ketones is 2. The normalized spacial score (nSPS) is 13.0. The topological polar surface area (TPSA) is 37.4 Å². The van der Waals surface area contributed by atoms with Gasteiger partial charge in [-0.2, -0.15) is 0 Å². The fourth-order valence-corrected chi connectivity index (χ4v) is 7.41. The average Bonchev–Trinajstić information content (AvgIpc) is 3.36. The molecule has 3 heteroatoms. The third kappa shape index (κ3) is 5.39. The average molecular weight is 658 g/mol. The minimum Gasteiger partial charge on any atom is -0.310 e. The van der Waals surface area contributed by atoms with E-state index in [-0.39, 0.29) is 22.6 Å². The minimum absolute atomic E-state index is 0.0495. The molecule has 0 spiro atoms. The van der Waals surface area contributed by atoms with E-state index in [1.165, 1.54) is 27.1 Å². The second-order valence-corrected chi connectivity index (χ2v) is 14.6. The van der Waals surface area contributed by atoms with E-state index >= 15 is 0 Å². The first-order valence-electron chi connectivity index (χ1n) is 17.4. The highest BCUT2D eigenvalue weighted by Gasteiger charge is 2.33. The summed E-state index contributed by atoms with van der Waals surface area (Å²) in [7, 11) is 0. The molecule has 244 valence electrons. The molecule has 8 aromatic carbocycles. The number of hydrogen-bond donors (Lipinski definition) is 0. The lowest BCUT2D eigenvalue weighted by molar-refractivity contribution is 0.0990. The highest BCUT2D eigenvalue weighted by Crippen LogP contribution is 2.39. The number of hydrogen-bond acceptors (Lipinski definition) is 3. The summed E-state index contributed by atoms with van der Waals surface area (Å²) in [4.78, 5) is 29.2. The van der Waals surface area contributed by atoms with E-state index in [2.05, 4.69) is 135 Å². The Morgan fingerprint density at radius 2 is 0.863 bits per heavy atom. The maximum atomic E-state index is 13.4. The van der Waals surface area contributed by atoms with Crippen molar-refractivity contribution >= 4 is 77.8 Å². The smallest absolute Gasteiger partial charge is 0.197 e. The first kappa shape index (κ1) is 30.7. The van der Waals surface area contributed by atoms with Gasteiger partial charge in [0.1, 0.15) is 0 Å². The first-order valence-corrected chi connectivity index (χ1v) is 17.4. The summed E-state index contributed by atoms with van der Waals surface area (Å²) < 4.78 is 0. The number of Topliss-reactive ketones (excluding diaryl/α,β-unsaturated/α-hetero) is 2. The molecule has 1 aliphatic carbocycles. The number of benzene rings is 8. The monoisotopic (exact) mass is 657 g/mol. The maximum absolute atomic E-state index is 13.4. The fourth-order valence-electron chi connectivity index (χ4n) is 7.41. The third-order valence-electron chi connectivity index (χ3n) is 10.2. The van der Waals surface area contributed by atoms with E-state index in [9.17, 15) is 9.59 Å². The molecule has 0 saturated carbocycles. The molecule has 0 amide bonds. The summed E-state index contributed by atoms with van der Waals surface area (Å²) in [5, 5.41) is 8.85. The van der Waals surface area contributed by atoms with Crippen LogP contribution in [0, 0.1) is 0 Å². The van der Waals surface area contributed by atoms with Gasteiger partial charge in [0.2, 0.25) is 0 Å². The molecule has 0 radical (unpaired) electrons. The van der Waals surface area contributed by atoms with Gasteiger partial charge in [-0.25, -0.2) is 0 Å². The molecule has 0 unspecified atom stereocenters. The minimum atomic E-state index is -0.215. The zero-order chi connectivity index (χ0) is 34.9. The van der Waals surface area contributed by atoms with Crippen LogP contribution in [0.4, 0.5) is 17.1 Å². The highest BCUT2D eigenvalue weighted by atomic mass is 16.2. The Morgan fingerprint density at radius 1 is 0.431 bits per heavy atom. The van der Waals surface area contributed by atoms with E-state index in [0.717, 1.165) is 44.2 Å². The summed E-state index contributed by atoms with van der Waals surface area (Å²) in [5.41, 5.74) is 6.52. The molecular formula is C48H35NO2. The van der Waals surface area contributed by atoms with Crippen LogP contribution in [0.15, 0.2) is 157 Å². The summed E-state index contributed by atoms with van der Waals surface area (Å²) in [6.45, 7) is 6.71. The largest absolute Gasteiger partial charge is 0.310 e. The molecule has 0 N–H and O–H groups in total. The van der Waals surface area contributed by atoms with Gasteiger partial charge in [0.15, 0.2) is 11.6 Å². The van der Waals surface area contributed by atoms with Crippen molar-refractivity contribution in [1.82, 2.24) is 0 Å². The maximum Gasteiger partial charge on any atom is 0.197 e. The van der Waals surface area contributed by atoms with Gasteiger partial charge in [-0.1, -0.05) is 106 Å². The van der Waals surface area contributed by atoms with Crippen LogP contribution in [0.5, 0.6) is 0 Å². The van der Waals surface area contributed by atoms with Crippen LogP contribution in [0.2, 0.25) is 0 Å². The Balaban J connectivity index is 1.11. The van der Waals surface area contributed by atoms with Gasteiger partial charge in [-0.05, 0) is 132 Å². The van der Waals surface area contributed by atoms with Crippen molar-refractivity contribution in [2.75, 3.05) is 4.90 Å². The van der Waals surface area contributed by atoms with Gasteiger partial charge in [0, 0.05) is 28.2 Å². The van der Waals surface area contributed by atoms with Crippen LogP contribution >= 0.6 is 0 Å². The Morgan fingerprint density at radius 3 is 1.43 bits per heavy atom. The van der Waals surface area contributed by atoms with Crippen molar-refractivity contribution in [3.8, 4) is 0 Å². The molecule has 0 fully saturated rings. The van der Waals surface area contributed by atoms with Crippen molar-refractivity contribution in [2.24, 2.45) is 0 Å². The second-order valence-electron chi connectivity index (χ2n) is 14.6. The third-order valence-corrected chi connectivity index (χ3v) is 10.2. The van der Waals surface area contributed by atoms with Crippen molar-refractivity contribution in [2.45, 2.75) is 26.2 Å². The lowest BCUT2D eigenvalue weighted by atomic mass is 9.87. The Labute approximate surface area is 297 Å². The number of anilines is 3. The molecule has 9 rings (SSSR count). The van der Waals surface area contributed by atoms with Crippen LogP contribution in [-0.2, 0) is 5.41 Å². The number of rotatable bonds is 4. The lowest BCUT2D eigenvalue weighted by Crippen LogP contribution is -2.13. The van der Waals surface area contributed by atoms with Gasteiger partial charge in [-0.3, -0.25) is 9.59 Å². The standard InChI is InChI=1S/C48H35NO2/c1-48(2,3)39-16-20-40(21-17-39)49(42-19-15-36-24-31-8-4-5-9-32(31)25-38(36)27-42)41-18-14-35-22-30(12-13-37(35)26-41)23-45-46(50)43-28-33-10-6-7-11-34(33)29-44(43)47(45)51/h4-29H,1-3H3. The van der Waals surface area contributed by atoms with Gasteiger partial charge < -0.3 is 4.90 Å². The van der Waals surface area contributed by atoms with Crippen molar-refractivity contribution in [3.63, 3.8) is 0 Å². The summed E-state index contributed by atoms with van der Waals surface area (Å²) >= 11 is 0. The molecule has 0 aliphatic heterocycles. The van der Waals surface area contributed by atoms with E-state index < -0.39 is 0 Å². The summed E-state index contributed by atoms with van der Waals surface area (Å²) in [6.07, 6.45) is 1.74. The van der Waals surface area contributed by atoms with Crippen molar-refractivity contribution in [1.29, 1.82) is 0 Å². The first-order chi connectivity index (χ1) is 24.7. The predicted molar refractivity (Wildman–Crippen MR) is 213 cm³/mol. The number of allylic oxidation sites excluding steroid dienone is 1. The van der Waals surface area contributed by atoms with Gasteiger partial charge >= 0.3 is 0 Å². The van der Waals surface area contributed by atoms with Crippen LogP contribution in [-0.4, -0.2) is 11.6 Å². The number of carbonyl (C=O) groups excluding carboxylic acids is 2. The zero-order valence-electron chi connectivity index (χ0n) is 28.8. The molecule has 0 atom stereocenters. The van der Waals surface area contributed by atoms with Crippen molar-refractivity contribution in [3.05, 3.63) is 179 Å². The van der Waals surface area contributed by atoms with Gasteiger partial charge in [0.05, 0.1) is 5.57 Å². The molecule has 51 heavy (non-hydrogen) atoms. The highest BCUT2D eigenvalue weighted by molar-refractivity contribution is 6.42. The molecule has 8 aromatic rings. The fraction of sp³-hybridized carbons (Fsp3) is 0.0833. The SMILES string of the molecule is CC(C)(C)c1ccc(N(c2ccc3cc(C=C4C(=O)c5cc6ccccc6cc5C4=O)ccc3c2)c2ccc3cc4ccccc4cc3c2)cc1. The number of nitrogens with zero attached hydrogens (tertiary/aromatic N) is 1. The molecule has 1 aliphatic rings. The Kier molecular flexibility index (Phi) is 7.01. The molecule has 3 nitrogen and oxygen atoms in total. The Hall–Kier alpha value is -6.32. The lowest BCUT2D eigenvalue weighted by Gasteiger charge is -2.27. The van der Waals surface area contributed by atoms with Crippen LogP contribution in [0.25, 0.3) is 49.2 Å². The number of fused-ring (bicyclic) bond motifs is 5. The van der Waals surface area contributed by atoms with E-state index in [0.29, 0.717) is 11.1 Å². The molecule has 0 heterocycles. The molecule has 0 saturated heterocycles. The van der Waals surface area contributed by atoms with Gasteiger partial charge in [0.25, 0.3) is 0 Å². The van der Waals surface area contributed by atoms with Crippen LogP contribution in [0.1, 0.15) is 52.6 Å². The van der Waals surface area contributed by atoms with E-state index in [1.54, 1.807) is 6.08 Å². The van der Waals surface area contributed by atoms with Gasteiger partial charge in [-0.15, -0.1) is 0 Å². The summed E-state index contributed by atoms with van der Waals surface area (Å²) in [6, 6.07) is 52.7. The predicted octanol–water partition coefficient (Wildman–Crippen LogP) is 12.5. The quantitative estimate of drug-likeness (QED) is 0.107. The van der Waals surface area contributed by atoms with Crippen molar-refractivity contribution < 1.29 is 9.59 Å². The Bertz CT molecular complexity index is 2710. The van der Waals surface area contributed by atoms with Crippen LogP contribution < -0.4 is 4.90 Å². The van der Waals surface area contributed by atoms with E-state index in [4.69, 9.17) is 0 Å².